The number of nitro groups is 1. The fourth-order valence-electron chi connectivity index (χ4n) is 4.94. The number of furan rings is 1. The van der Waals surface area contributed by atoms with Gasteiger partial charge in [0.05, 0.1) is 52.7 Å². The van der Waals surface area contributed by atoms with E-state index in [4.69, 9.17) is 18.6 Å². The number of hydrogen-bond acceptors (Lipinski definition) is 10. The number of nitrogens with zero attached hydrogens (tertiary/aromatic N) is 3. The van der Waals surface area contributed by atoms with E-state index >= 15 is 0 Å². The Bertz CT molecular complexity index is 1950. The minimum Gasteiger partial charge on any atom is -0.493 e. The molecule has 1 aliphatic rings. The Morgan fingerprint density at radius 1 is 1.12 bits per heavy atom. The third-order valence-corrected chi connectivity index (χ3v) is 7.82. The highest BCUT2D eigenvalue weighted by Gasteiger charge is 2.34. The third-order valence-electron chi connectivity index (χ3n) is 6.84. The standard InChI is InChI=1S/C31H29N3O8S/c1-6-40-25-15-19(9-12-24(25)39-5)28-27(30(36)41-7-2)18(4)32-31-33(28)29(35)26(43-31)16-20-10-13-23(42-20)21-11-8-17(3)14-22(21)34(37)38/h8-16,28H,6-7H2,1-5H3/b26-16-/t28-/m0/s1. The number of carbonyl (C=O) groups excluding carboxylic acids is 1. The van der Waals surface area contributed by atoms with E-state index in [2.05, 4.69) is 4.99 Å². The summed E-state index contributed by atoms with van der Waals surface area (Å²) in [6, 6.07) is 12.5. The van der Waals surface area contributed by atoms with Crippen molar-refractivity contribution in [2.75, 3.05) is 20.3 Å². The number of methoxy groups -OCH3 is 1. The van der Waals surface area contributed by atoms with Crippen molar-refractivity contribution < 1.29 is 28.3 Å². The molecule has 2 aromatic carbocycles. The van der Waals surface area contributed by atoms with Crippen LogP contribution in [0.15, 0.2) is 74.0 Å². The number of rotatable bonds is 9. The van der Waals surface area contributed by atoms with E-state index < -0.39 is 22.5 Å². The van der Waals surface area contributed by atoms with Gasteiger partial charge in [0, 0.05) is 12.1 Å². The van der Waals surface area contributed by atoms with Crippen LogP contribution in [0.2, 0.25) is 0 Å². The molecule has 0 radical (unpaired) electrons. The van der Waals surface area contributed by atoms with E-state index in [9.17, 15) is 19.7 Å². The number of fused-ring (bicyclic) bond motifs is 1. The number of ether oxygens (including phenoxy) is 3. The highest BCUT2D eigenvalue weighted by atomic mass is 32.1. The van der Waals surface area contributed by atoms with Crippen LogP contribution < -0.4 is 24.4 Å². The molecule has 0 aliphatic carbocycles. The fraction of sp³-hybridized carbons (Fsp3) is 0.258. The second-order valence-corrected chi connectivity index (χ2v) is 10.6. The lowest BCUT2D eigenvalue weighted by Crippen LogP contribution is -2.39. The van der Waals surface area contributed by atoms with Gasteiger partial charge in [0.1, 0.15) is 11.5 Å². The lowest BCUT2D eigenvalue weighted by Gasteiger charge is -2.25. The lowest BCUT2D eigenvalue weighted by molar-refractivity contribution is -0.384. The van der Waals surface area contributed by atoms with Crippen LogP contribution in [-0.2, 0) is 9.53 Å². The average molecular weight is 604 g/mol. The molecule has 222 valence electrons. The highest BCUT2D eigenvalue weighted by Crippen LogP contribution is 2.36. The molecule has 0 fully saturated rings. The van der Waals surface area contributed by atoms with Crippen LogP contribution in [0.4, 0.5) is 5.69 Å². The third kappa shape index (κ3) is 5.61. The number of carbonyl (C=O) groups is 1. The molecule has 3 heterocycles. The number of esters is 1. The van der Waals surface area contributed by atoms with Crippen molar-refractivity contribution in [2.24, 2.45) is 4.99 Å². The Kier molecular flexibility index (Phi) is 8.31. The summed E-state index contributed by atoms with van der Waals surface area (Å²) < 4.78 is 24.3. The normalized spacial score (nSPS) is 14.7. The van der Waals surface area contributed by atoms with Gasteiger partial charge in [-0.3, -0.25) is 19.5 Å². The minimum atomic E-state index is -0.843. The molecular weight excluding hydrogens is 574 g/mol. The van der Waals surface area contributed by atoms with E-state index in [1.165, 1.54) is 17.7 Å². The maximum atomic E-state index is 13.9. The lowest BCUT2D eigenvalue weighted by atomic mass is 9.95. The van der Waals surface area contributed by atoms with E-state index in [1.807, 2.05) is 6.92 Å². The Labute approximate surface area is 250 Å². The summed E-state index contributed by atoms with van der Waals surface area (Å²) in [6.45, 7) is 7.58. The van der Waals surface area contributed by atoms with Crippen molar-refractivity contribution in [1.29, 1.82) is 0 Å². The largest absolute Gasteiger partial charge is 0.493 e. The van der Waals surface area contributed by atoms with Gasteiger partial charge in [-0.15, -0.1) is 0 Å². The van der Waals surface area contributed by atoms with Crippen molar-refractivity contribution in [2.45, 2.75) is 33.7 Å². The van der Waals surface area contributed by atoms with Gasteiger partial charge >= 0.3 is 5.97 Å². The van der Waals surface area contributed by atoms with Crippen molar-refractivity contribution >= 4 is 29.1 Å². The number of benzene rings is 2. The number of thiazole rings is 1. The molecule has 12 heteroatoms. The van der Waals surface area contributed by atoms with Gasteiger partial charge in [-0.25, -0.2) is 9.79 Å². The fourth-order valence-corrected chi connectivity index (χ4v) is 5.97. The molecule has 0 unspecified atom stereocenters. The molecular formula is C31H29N3O8S. The zero-order valence-electron chi connectivity index (χ0n) is 24.2. The summed E-state index contributed by atoms with van der Waals surface area (Å²) in [4.78, 5) is 43.3. The van der Waals surface area contributed by atoms with Crippen LogP contribution in [0.3, 0.4) is 0 Å². The zero-order chi connectivity index (χ0) is 30.8. The molecule has 2 aromatic heterocycles. The smallest absolute Gasteiger partial charge is 0.338 e. The maximum Gasteiger partial charge on any atom is 0.338 e. The second-order valence-electron chi connectivity index (χ2n) is 9.63. The van der Waals surface area contributed by atoms with Crippen molar-refractivity contribution in [3.05, 3.63) is 106 Å². The first kappa shape index (κ1) is 29.5. The highest BCUT2D eigenvalue weighted by molar-refractivity contribution is 7.07. The predicted octanol–water partition coefficient (Wildman–Crippen LogP) is 4.68. The Balaban J connectivity index is 1.65. The molecule has 0 saturated carbocycles. The summed E-state index contributed by atoms with van der Waals surface area (Å²) >= 11 is 1.14. The molecule has 43 heavy (non-hydrogen) atoms. The predicted molar refractivity (Wildman–Crippen MR) is 160 cm³/mol. The first-order valence-electron chi connectivity index (χ1n) is 13.5. The maximum absolute atomic E-state index is 13.9. The first-order chi connectivity index (χ1) is 20.7. The van der Waals surface area contributed by atoms with Crippen LogP contribution in [0.1, 0.15) is 43.7 Å². The second kappa shape index (κ2) is 12.1. The minimum absolute atomic E-state index is 0.0758. The first-order valence-corrected chi connectivity index (χ1v) is 14.3. The molecule has 0 saturated heterocycles. The molecule has 1 aliphatic heterocycles. The monoisotopic (exact) mass is 603 g/mol. The van der Waals surface area contributed by atoms with Crippen LogP contribution in [0.25, 0.3) is 17.4 Å². The van der Waals surface area contributed by atoms with Crippen LogP contribution >= 0.6 is 11.3 Å². The van der Waals surface area contributed by atoms with Crippen LogP contribution in [0.5, 0.6) is 11.5 Å². The molecule has 0 N–H and O–H groups in total. The molecule has 0 amide bonds. The number of allylic oxidation sites excluding steroid dienone is 1. The van der Waals surface area contributed by atoms with Gasteiger partial charge in [0.25, 0.3) is 11.2 Å². The molecule has 0 bridgehead atoms. The molecule has 4 aromatic rings. The number of nitro benzene ring substituents is 1. The molecule has 11 nitrogen and oxygen atoms in total. The summed E-state index contributed by atoms with van der Waals surface area (Å²) in [5, 5.41) is 11.6. The Hall–Kier alpha value is -4.97. The molecule has 5 rings (SSSR count). The number of aryl methyl sites for hydroxylation is 1. The Morgan fingerprint density at radius 3 is 2.60 bits per heavy atom. The Morgan fingerprint density at radius 2 is 1.91 bits per heavy atom. The molecule has 1 atom stereocenters. The SMILES string of the molecule is CCOC(=O)C1=C(C)N=c2s/c(=C\c3ccc(-c4ccc(C)cc4[N+](=O)[O-])o3)c(=O)n2[C@H]1c1ccc(OC)c(OCC)c1. The van der Waals surface area contributed by atoms with Gasteiger partial charge in [0.15, 0.2) is 16.3 Å². The summed E-state index contributed by atoms with van der Waals surface area (Å²) in [7, 11) is 1.53. The number of aromatic nitrogens is 1. The summed E-state index contributed by atoms with van der Waals surface area (Å²) in [5.41, 5.74) is 1.89. The summed E-state index contributed by atoms with van der Waals surface area (Å²) in [5.74, 6) is 1.03. The van der Waals surface area contributed by atoms with Crippen LogP contribution in [-0.4, -0.2) is 35.8 Å². The summed E-state index contributed by atoms with van der Waals surface area (Å²) in [6.07, 6.45) is 1.56. The zero-order valence-corrected chi connectivity index (χ0v) is 25.0. The van der Waals surface area contributed by atoms with Gasteiger partial charge in [-0.2, -0.15) is 0 Å². The van der Waals surface area contributed by atoms with Crippen LogP contribution in [0, 0.1) is 17.0 Å². The van der Waals surface area contributed by atoms with E-state index in [-0.39, 0.29) is 17.9 Å². The van der Waals surface area contributed by atoms with Gasteiger partial charge in [-0.05, 0) is 69.2 Å². The average Bonchev–Trinajstić information content (AvgIpc) is 3.56. The van der Waals surface area contributed by atoms with Gasteiger partial charge in [0.2, 0.25) is 0 Å². The van der Waals surface area contributed by atoms with E-state index in [0.29, 0.717) is 55.8 Å². The van der Waals surface area contributed by atoms with Gasteiger partial charge in [-0.1, -0.05) is 23.5 Å². The number of hydrogen-bond donors (Lipinski definition) is 0. The quantitative estimate of drug-likeness (QED) is 0.153. The van der Waals surface area contributed by atoms with Crippen molar-refractivity contribution in [3.63, 3.8) is 0 Å². The van der Waals surface area contributed by atoms with Crippen molar-refractivity contribution in [3.8, 4) is 22.8 Å². The molecule has 0 spiro atoms. The van der Waals surface area contributed by atoms with E-state index in [1.54, 1.807) is 69.3 Å². The van der Waals surface area contributed by atoms with Crippen molar-refractivity contribution in [1.82, 2.24) is 4.57 Å². The van der Waals surface area contributed by atoms with E-state index in [0.717, 1.165) is 16.9 Å². The topological polar surface area (TPSA) is 135 Å². The van der Waals surface area contributed by atoms with Gasteiger partial charge < -0.3 is 18.6 Å².